The molecule has 7 nitrogen and oxygen atoms in total. The van der Waals surface area contributed by atoms with Crippen molar-refractivity contribution in [3.05, 3.63) is 64.5 Å². The van der Waals surface area contributed by atoms with E-state index in [1.165, 1.54) is 0 Å². The average Bonchev–Trinajstić information content (AvgIpc) is 3.05. The van der Waals surface area contributed by atoms with E-state index in [1.807, 2.05) is 31.2 Å². The van der Waals surface area contributed by atoms with Crippen LogP contribution in [0.4, 0.5) is 5.69 Å². The molecule has 0 spiro atoms. The number of hydrogen-bond donors (Lipinski definition) is 1. The number of anilines is 1. The van der Waals surface area contributed by atoms with Crippen molar-refractivity contribution in [2.75, 3.05) is 25.6 Å². The van der Waals surface area contributed by atoms with Crippen LogP contribution in [0.2, 0.25) is 0 Å². The quantitative estimate of drug-likeness (QED) is 0.579. The van der Waals surface area contributed by atoms with Crippen molar-refractivity contribution in [2.45, 2.75) is 6.92 Å². The lowest BCUT2D eigenvalue weighted by atomic mass is 10.2. The monoisotopic (exact) mass is 430 g/mol. The Morgan fingerprint density at radius 2 is 1.93 bits per heavy atom. The molecule has 1 aromatic carbocycles. The van der Waals surface area contributed by atoms with Gasteiger partial charge in [0, 0.05) is 17.6 Å². The van der Waals surface area contributed by atoms with E-state index in [0.29, 0.717) is 30.3 Å². The lowest BCUT2D eigenvalue weighted by Crippen LogP contribution is -2.13. The smallest absolute Gasteiger partial charge is 0.259 e. The van der Waals surface area contributed by atoms with Crippen LogP contribution >= 0.6 is 15.9 Å². The lowest BCUT2D eigenvalue weighted by molar-refractivity contribution is 0.102. The number of amides is 1. The van der Waals surface area contributed by atoms with Crippen LogP contribution in [0.15, 0.2) is 53.3 Å². The Balaban J connectivity index is 1.69. The Labute approximate surface area is 165 Å². The first-order chi connectivity index (χ1) is 13.1. The van der Waals surface area contributed by atoms with Crippen molar-refractivity contribution in [3.8, 4) is 11.6 Å². The summed E-state index contributed by atoms with van der Waals surface area (Å²) in [6.07, 6.45) is 3.11. The van der Waals surface area contributed by atoms with E-state index >= 15 is 0 Å². The second kappa shape index (κ2) is 8.79. The fourth-order valence-electron chi connectivity index (χ4n) is 2.44. The van der Waals surface area contributed by atoms with E-state index in [0.717, 1.165) is 15.9 Å². The molecule has 0 fully saturated rings. The summed E-state index contributed by atoms with van der Waals surface area (Å²) in [6, 6.07) is 11.1. The highest BCUT2D eigenvalue weighted by Crippen LogP contribution is 2.19. The molecule has 0 atom stereocenters. The van der Waals surface area contributed by atoms with Gasteiger partial charge in [0.2, 0.25) is 5.88 Å². The van der Waals surface area contributed by atoms with Gasteiger partial charge in [0.05, 0.1) is 41.6 Å². The number of nitrogens with zero attached hydrogens (tertiary/aromatic N) is 3. The molecule has 3 aromatic rings. The van der Waals surface area contributed by atoms with E-state index in [9.17, 15) is 4.79 Å². The van der Waals surface area contributed by atoms with Crippen LogP contribution in [0.5, 0.6) is 5.88 Å². The summed E-state index contributed by atoms with van der Waals surface area (Å²) in [7, 11) is 1.61. The highest BCUT2D eigenvalue weighted by atomic mass is 79.9. The summed E-state index contributed by atoms with van der Waals surface area (Å²) in [4.78, 5) is 16.7. The number of pyridine rings is 1. The molecule has 0 unspecified atom stereocenters. The summed E-state index contributed by atoms with van der Waals surface area (Å²) in [6.45, 7) is 2.76. The number of benzene rings is 1. The molecule has 27 heavy (non-hydrogen) atoms. The molecule has 0 saturated heterocycles. The van der Waals surface area contributed by atoms with Crippen LogP contribution in [0.1, 0.15) is 16.1 Å². The molecule has 8 heteroatoms. The first-order valence-corrected chi connectivity index (χ1v) is 9.07. The number of methoxy groups -OCH3 is 1. The van der Waals surface area contributed by atoms with Crippen molar-refractivity contribution in [2.24, 2.45) is 0 Å². The summed E-state index contributed by atoms with van der Waals surface area (Å²) in [5.74, 6) is 0.231. The predicted octanol–water partition coefficient (Wildman–Crippen LogP) is 3.62. The fraction of sp³-hybridized carbons (Fsp3) is 0.211. The highest BCUT2D eigenvalue weighted by Gasteiger charge is 2.15. The zero-order chi connectivity index (χ0) is 19.2. The van der Waals surface area contributed by atoms with Gasteiger partial charge in [0.1, 0.15) is 6.61 Å². The second-order valence-corrected chi connectivity index (χ2v) is 6.63. The van der Waals surface area contributed by atoms with E-state index in [2.05, 4.69) is 31.3 Å². The number of halogens is 1. The predicted molar refractivity (Wildman–Crippen MR) is 106 cm³/mol. The Morgan fingerprint density at radius 1 is 1.15 bits per heavy atom. The number of ether oxygens (including phenoxy) is 2. The molecule has 0 radical (unpaired) electrons. The summed E-state index contributed by atoms with van der Waals surface area (Å²) < 4.78 is 13.0. The van der Waals surface area contributed by atoms with Crippen LogP contribution in [-0.4, -0.2) is 41.0 Å². The Kier molecular flexibility index (Phi) is 6.20. The molecule has 0 aliphatic heterocycles. The minimum Gasteiger partial charge on any atom is -0.475 e. The maximum Gasteiger partial charge on any atom is 0.259 e. The molecular weight excluding hydrogens is 412 g/mol. The second-order valence-electron chi connectivity index (χ2n) is 5.71. The topological polar surface area (TPSA) is 78.3 Å². The van der Waals surface area contributed by atoms with Crippen molar-refractivity contribution >= 4 is 27.5 Å². The van der Waals surface area contributed by atoms with Crippen LogP contribution in [0.25, 0.3) is 5.69 Å². The van der Waals surface area contributed by atoms with Crippen molar-refractivity contribution in [1.29, 1.82) is 0 Å². The van der Waals surface area contributed by atoms with E-state index in [4.69, 9.17) is 9.47 Å². The first kappa shape index (κ1) is 19.1. The number of carbonyl (C=O) groups is 1. The number of carbonyl (C=O) groups excluding carboxylic acids is 1. The van der Waals surface area contributed by atoms with Crippen molar-refractivity contribution < 1.29 is 14.3 Å². The molecular formula is C19H19BrN4O3. The first-order valence-electron chi connectivity index (χ1n) is 8.28. The molecule has 1 N–H and O–H groups in total. The maximum atomic E-state index is 12.6. The Bertz CT molecular complexity index is 908. The molecule has 0 bridgehead atoms. The standard InChI is InChI=1S/C19H19BrN4O3/c1-13-17(12-22-24(13)16-6-3-14(20)4-7-16)19(25)23-15-5-8-18(21-11-15)27-10-9-26-2/h3-8,11-12H,9-10H2,1-2H3,(H,23,25). The number of aromatic nitrogens is 3. The molecule has 0 aliphatic carbocycles. The number of rotatable bonds is 7. The third-order valence-electron chi connectivity index (χ3n) is 3.86. The third-order valence-corrected chi connectivity index (χ3v) is 4.39. The van der Waals surface area contributed by atoms with Gasteiger partial charge in [-0.3, -0.25) is 4.79 Å². The van der Waals surface area contributed by atoms with Gasteiger partial charge >= 0.3 is 0 Å². The van der Waals surface area contributed by atoms with Crippen LogP contribution in [-0.2, 0) is 4.74 Å². The van der Waals surface area contributed by atoms with Gasteiger partial charge in [-0.1, -0.05) is 15.9 Å². The van der Waals surface area contributed by atoms with Crippen LogP contribution in [0.3, 0.4) is 0 Å². The molecule has 1 amide bonds. The normalized spacial score (nSPS) is 10.6. The van der Waals surface area contributed by atoms with E-state index < -0.39 is 0 Å². The summed E-state index contributed by atoms with van der Waals surface area (Å²) >= 11 is 3.41. The maximum absolute atomic E-state index is 12.6. The largest absolute Gasteiger partial charge is 0.475 e. The van der Waals surface area contributed by atoms with Gasteiger partial charge in [-0.2, -0.15) is 5.10 Å². The Hall–Kier alpha value is -2.71. The number of nitrogens with one attached hydrogen (secondary N) is 1. The fourth-order valence-corrected chi connectivity index (χ4v) is 2.71. The zero-order valence-corrected chi connectivity index (χ0v) is 16.6. The molecule has 3 rings (SSSR count). The van der Waals surface area contributed by atoms with E-state index in [1.54, 1.807) is 36.3 Å². The summed E-state index contributed by atoms with van der Waals surface area (Å²) in [5, 5.41) is 7.15. The SMILES string of the molecule is COCCOc1ccc(NC(=O)c2cnn(-c3ccc(Br)cc3)c2C)cn1. The van der Waals surface area contributed by atoms with Gasteiger partial charge in [-0.05, 0) is 37.3 Å². The molecule has 0 aliphatic rings. The average molecular weight is 431 g/mol. The van der Waals surface area contributed by atoms with Crippen molar-refractivity contribution in [3.63, 3.8) is 0 Å². The number of hydrogen-bond acceptors (Lipinski definition) is 5. The minimum atomic E-state index is -0.245. The molecule has 0 saturated carbocycles. The molecule has 140 valence electrons. The van der Waals surface area contributed by atoms with Gasteiger partial charge in [-0.25, -0.2) is 9.67 Å². The lowest BCUT2D eigenvalue weighted by Gasteiger charge is -2.08. The minimum absolute atomic E-state index is 0.245. The van der Waals surface area contributed by atoms with Crippen LogP contribution < -0.4 is 10.1 Å². The van der Waals surface area contributed by atoms with Gasteiger partial charge in [0.25, 0.3) is 5.91 Å². The summed E-state index contributed by atoms with van der Waals surface area (Å²) in [5.41, 5.74) is 2.71. The van der Waals surface area contributed by atoms with Crippen molar-refractivity contribution in [1.82, 2.24) is 14.8 Å². The van der Waals surface area contributed by atoms with Gasteiger partial charge < -0.3 is 14.8 Å². The molecule has 2 heterocycles. The van der Waals surface area contributed by atoms with Crippen LogP contribution in [0, 0.1) is 6.92 Å². The third kappa shape index (κ3) is 4.72. The Morgan fingerprint density at radius 3 is 2.59 bits per heavy atom. The van der Waals surface area contributed by atoms with Gasteiger partial charge in [-0.15, -0.1) is 0 Å². The van der Waals surface area contributed by atoms with E-state index in [-0.39, 0.29) is 5.91 Å². The van der Waals surface area contributed by atoms with Gasteiger partial charge in [0.15, 0.2) is 0 Å². The highest BCUT2D eigenvalue weighted by molar-refractivity contribution is 9.10. The molecule has 2 aromatic heterocycles. The zero-order valence-electron chi connectivity index (χ0n) is 15.0.